The van der Waals surface area contributed by atoms with E-state index in [2.05, 4.69) is 0 Å². The molecule has 146 valence electrons. The van der Waals surface area contributed by atoms with Crippen molar-refractivity contribution in [2.24, 2.45) is 5.92 Å². The molecular formula is C20H26FN3O3. The topological polar surface area (TPSA) is 60.9 Å². The fourth-order valence-corrected chi connectivity index (χ4v) is 3.80. The lowest BCUT2D eigenvalue weighted by Crippen LogP contribution is -2.51. The van der Waals surface area contributed by atoms with Gasteiger partial charge in [-0.05, 0) is 37.0 Å². The van der Waals surface area contributed by atoms with Gasteiger partial charge in [-0.3, -0.25) is 14.4 Å². The molecule has 0 aromatic heterocycles. The molecule has 0 N–H and O–H groups in total. The average Bonchev–Trinajstić information content (AvgIpc) is 2.93. The third-order valence-corrected chi connectivity index (χ3v) is 5.49. The van der Waals surface area contributed by atoms with E-state index < -0.39 is 0 Å². The number of benzene rings is 1. The number of carbonyl (C=O) groups is 3. The number of amides is 3. The van der Waals surface area contributed by atoms with Crippen molar-refractivity contribution in [1.82, 2.24) is 14.7 Å². The zero-order valence-electron chi connectivity index (χ0n) is 15.9. The molecule has 2 bridgehead atoms. The Kier molecular flexibility index (Phi) is 5.77. The smallest absolute Gasteiger partial charge is 0.241 e. The number of aryl methyl sites for hydroxylation is 1. The van der Waals surface area contributed by atoms with E-state index >= 15 is 0 Å². The highest BCUT2D eigenvalue weighted by molar-refractivity contribution is 5.88. The van der Waals surface area contributed by atoms with Crippen molar-refractivity contribution in [3.8, 4) is 0 Å². The van der Waals surface area contributed by atoms with Gasteiger partial charge in [-0.25, -0.2) is 4.39 Å². The van der Waals surface area contributed by atoms with Crippen molar-refractivity contribution in [1.29, 1.82) is 0 Å². The number of halogens is 1. The summed E-state index contributed by atoms with van der Waals surface area (Å²) in [6, 6.07) is 6.06. The Morgan fingerprint density at radius 1 is 1.15 bits per heavy atom. The molecule has 4 rings (SSSR count). The Balaban J connectivity index is 1.63. The fraction of sp³-hybridized carbons (Fsp3) is 0.550. The maximum atomic E-state index is 13.0. The van der Waals surface area contributed by atoms with E-state index in [0.29, 0.717) is 25.9 Å². The van der Waals surface area contributed by atoms with Crippen LogP contribution in [0.4, 0.5) is 4.39 Å². The Bertz CT molecular complexity index is 720. The van der Waals surface area contributed by atoms with Gasteiger partial charge in [0.25, 0.3) is 0 Å². The maximum absolute atomic E-state index is 13.0. The summed E-state index contributed by atoms with van der Waals surface area (Å²) in [7, 11) is 3.35. The molecule has 0 unspecified atom stereocenters. The molecule has 0 spiro atoms. The van der Waals surface area contributed by atoms with E-state index in [-0.39, 0.29) is 42.0 Å². The largest absolute Gasteiger partial charge is 0.347 e. The van der Waals surface area contributed by atoms with Gasteiger partial charge in [-0.2, -0.15) is 0 Å². The van der Waals surface area contributed by atoms with Crippen LogP contribution >= 0.6 is 0 Å². The quantitative estimate of drug-likeness (QED) is 0.779. The molecule has 1 aromatic carbocycles. The predicted octanol–water partition coefficient (Wildman–Crippen LogP) is 1.30. The van der Waals surface area contributed by atoms with Crippen LogP contribution in [0.2, 0.25) is 0 Å². The summed E-state index contributed by atoms with van der Waals surface area (Å²) in [4.78, 5) is 42.4. The highest BCUT2D eigenvalue weighted by Gasteiger charge is 2.42. The van der Waals surface area contributed by atoms with E-state index in [0.717, 1.165) is 18.4 Å². The molecule has 7 heteroatoms. The van der Waals surface area contributed by atoms with Crippen LogP contribution in [0.1, 0.15) is 24.8 Å². The Morgan fingerprint density at radius 2 is 1.85 bits per heavy atom. The first-order valence-electron chi connectivity index (χ1n) is 9.38. The summed E-state index contributed by atoms with van der Waals surface area (Å²) in [6.45, 7) is 0.972. The second kappa shape index (κ2) is 8.06. The van der Waals surface area contributed by atoms with Gasteiger partial charge >= 0.3 is 0 Å². The third kappa shape index (κ3) is 4.46. The van der Waals surface area contributed by atoms with Crippen molar-refractivity contribution >= 4 is 17.7 Å². The highest BCUT2D eigenvalue weighted by Crippen LogP contribution is 2.29. The molecule has 3 fully saturated rings. The maximum Gasteiger partial charge on any atom is 0.241 e. The number of hydrogen-bond acceptors (Lipinski definition) is 3. The normalized spacial score (nSPS) is 22.0. The van der Waals surface area contributed by atoms with Gasteiger partial charge < -0.3 is 14.7 Å². The zero-order chi connectivity index (χ0) is 19.6. The first kappa shape index (κ1) is 19.3. The minimum absolute atomic E-state index is 0.00445. The Labute approximate surface area is 158 Å². The molecule has 3 saturated heterocycles. The lowest BCUT2D eigenvalue weighted by atomic mass is 9.94. The number of likely N-dealkylation sites (N-methyl/N-ethyl adjacent to an activating group) is 1. The second-order valence-corrected chi connectivity index (χ2v) is 7.61. The van der Waals surface area contributed by atoms with Crippen molar-refractivity contribution in [2.45, 2.75) is 31.7 Å². The molecule has 0 aliphatic carbocycles. The zero-order valence-corrected chi connectivity index (χ0v) is 15.9. The minimum atomic E-state index is -0.292. The van der Waals surface area contributed by atoms with Gasteiger partial charge in [0.05, 0.1) is 5.92 Å². The third-order valence-electron chi connectivity index (χ3n) is 5.49. The van der Waals surface area contributed by atoms with Crippen molar-refractivity contribution in [3.63, 3.8) is 0 Å². The van der Waals surface area contributed by atoms with Crippen LogP contribution in [0.25, 0.3) is 0 Å². The average molecular weight is 375 g/mol. The van der Waals surface area contributed by atoms with Gasteiger partial charge in [0.2, 0.25) is 17.7 Å². The number of fused-ring (bicyclic) bond motifs is 4. The van der Waals surface area contributed by atoms with Crippen LogP contribution in [-0.4, -0.2) is 72.2 Å². The van der Waals surface area contributed by atoms with Gasteiger partial charge in [0.15, 0.2) is 0 Å². The summed E-state index contributed by atoms with van der Waals surface area (Å²) in [6.07, 6.45) is 2.45. The molecule has 2 atom stereocenters. The number of carbonyl (C=O) groups excluding carboxylic acids is 3. The van der Waals surface area contributed by atoms with Crippen LogP contribution in [0.3, 0.4) is 0 Å². The van der Waals surface area contributed by atoms with E-state index in [1.807, 2.05) is 0 Å². The molecule has 3 aliphatic heterocycles. The first-order chi connectivity index (χ1) is 12.8. The lowest BCUT2D eigenvalue weighted by molar-refractivity contribution is -0.145. The molecule has 0 saturated carbocycles. The molecule has 27 heavy (non-hydrogen) atoms. The van der Waals surface area contributed by atoms with E-state index in [1.165, 1.54) is 17.0 Å². The molecule has 1 aromatic rings. The number of rotatable bonds is 5. The van der Waals surface area contributed by atoms with Crippen molar-refractivity contribution in [3.05, 3.63) is 35.6 Å². The highest BCUT2D eigenvalue weighted by atomic mass is 19.1. The molecule has 6 nitrogen and oxygen atoms in total. The lowest BCUT2D eigenvalue weighted by Gasteiger charge is -2.35. The number of nitrogens with zero attached hydrogens (tertiary/aromatic N) is 3. The van der Waals surface area contributed by atoms with Crippen LogP contribution in [0.5, 0.6) is 0 Å². The summed E-state index contributed by atoms with van der Waals surface area (Å²) in [5, 5.41) is 0. The summed E-state index contributed by atoms with van der Waals surface area (Å²) < 4.78 is 13.0. The van der Waals surface area contributed by atoms with Crippen LogP contribution < -0.4 is 0 Å². The number of hydrogen-bond donors (Lipinski definition) is 0. The SMILES string of the molecule is CN(C)C(=O)CN1C(=O)[C@@H]2CC[C@H]1CN(C(=O)CCc1ccc(F)cc1)C2. The van der Waals surface area contributed by atoms with Crippen molar-refractivity contribution < 1.29 is 18.8 Å². The molecular weight excluding hydrogens is 349 g/mol. The molecule has 3 aliphatic rings. The molecule has 3 heterocycles. The standard InChI is InChI=1S/C20H26FN3O3/c1-22(2)19(26)13-24-17-9-6-15(20(24)27)11-23(12-17)18(25)10-5-14-3-7-16(21)8-4-14/h3-4,7-8,15,17H,5-6,9-13H2,1-2H3/t15-,17+/m1/s1. The minimum Gasteiger partial charge on any atom is -0.347 e. The summed E-state index contributed by atoms with van der Waals surface area (Å²) >= 11 is 0. The van der Waals surface area contributed by atoms with Gasteiger partial charge in [-0.1, -0.05) is 12.1 Å². The van der Waals surface area contributed by atoms with Gasteiger partial charge in [0.1, 0.15) is 12.4 Å². The van der Waals surface area contributed by atoms with Gasteiger partial charge in [0, 0.05) is 39.6 Å². The monoisotopic (exact) mass is 375 g/mol. The van der Waals surface area contributed by atoms with Crippen molar-refractivity contribution in [2.75, 3.05) is 33.7 Å². The molecule has 0 radical (unpaired) electrons. The fourth-order valence-electron chi connectivity index (χ4n) is 3.80. The van der Waals surface area contributed by atoms with E-state index in [1.54, 1.807) is 36.0 Å². The first-order valence-corrected chi connectivity index (χ1v) is 9.38. The van der Waals surface area contributed by atoms with Gasteiger partial charge in [-0.15, -0.1) is 0 Å². The van der Waals surface area contributed by atoms with E-state index in [9.17, 15) is 18.8 Å². The number of piperidine rings is 1. The van der Waals surface area contributed by atoms with E-state index in [4.69, 9.17) is 0 Å². The van der Waals surface area contributed by atoms with Crippen LogP contribution in [0.15, 0.2) is 24.3 Å². The second-order valence-electron chi connectivity index (χ2n) is 7.61. The predicted molar refractivity (Wildman–Crippen MR) is 98.2 cm³/mol. The summed E-state index contributed by atoms with van der Waals surface area (Å²) in [5.74, 6) is -0.640. The summed E-state index contributed by atoms with van der Waals surface area (Å²) in [5.41, 5.74) is 0.914. The Hall–Kier alpha value is -2.44. The Morgan fingerprint density at radius 3 is 2.52 bits per heavy atom. The van der Waals surface area contributed by atoms with Crippen LogP contribution in [-0.2, 0) is 20.8 Å². The van der Waals surface area contributed by atoms with Crippen LogP contribution in [0, 0.1) is 11.7 Å². The molecule has 3 amide bonds.